The van der Waals surface area contributed by atoms with E-state index in [9.17, 15) is 9.18 Å². The first-order chi connectivity index (χ1) is 13.1. The maximum atomic E-state index is 14.3. The number of aromatic amines is 1. The van der Waals surface area contributed by atoms with Gasteiger partial charge in [-0.25, -0.2) is 4.39 Å². The number of hydrogen-bond acceptors (Lipinski definition) is 2. The van der Waals surface area contributed by atoms with Crippen molar-refractivity contribution in [1.82, 2.24) is 9.97 Å². The maximum absolute atomic E-state index is 14.3. The van der Waals surface area contributed by atoms with E-state index in [1.54, 1.807) is 24.4 Å². The van der Waals surface area contributed by atoms with Crippen LogP contribution in [-0.4, -0.2) is 15.9 Å². The van der Waals surface area contributed by atoms with Gasteiger partial charge in [0.1, 0.15) is 0 Å². The second-order valence-corrected chi connectivity index (χ2v) is 6.10. The molecule has 0 spiro atoms. The van der Waals surface area contributed by atoms with Crippen LogP contribution in [0.5, 0.6) is 0 Å². The zero-order chi connectivity index (χ0) is 18.8. The summed E-state index contributed by atoms with van der Waals surface area (Å²) in [5.41, 5.74) is 10.2. The predicted molar refractivity (Wildman–Crippen MR) is 103 cm³/mol. The summed E-state index contributed by atoms with van der Waals surface area (Å²) in [6, 6.07) is 20.3. The first-order valence-electron chi connectivity index (χ1n) is 8.42. The molecule has 4 aromatic rings. The molecule has 5 heteroatoms. The zero-order valence-electron chi connectivity index (χ0n) is 14.3. The van der Waals surface area contributed by atoms with Crippen molar-refractivity contribution >= 4 is 5.91 Å². The van der Waals surface area contributed by atoms with Gasteiger partial charge in [-0.15, -0.1) is 0 Å². The summed E-state index contributed by atoms with van der Waals surface area (Å²) in [6.45, 7) is 0. The van der Waals surface area contributed by atoms with Crippen LogP contribution < -0.4 is 5.73 Å². The molecular formula is C22H16FN3O. The van der Waals surface area contributed by atoms with E-state index in [0.717, 1.165) is 16.8 Å². The van der Waals surface area contributed by atoms with Gasteiger partial charge in [0, 0.05) is 28.6 Å². The summed E-state index contributed by atoms with van der Waals surface area (Å²) in [6.07, 6.45) is 2.72. The van der Waals surface area contributed by atoms with Gasteiger partial charge in [0.05, 0.1) is 11.9 Å². The fraction of sp³-hybridized carbons (Fsp3) is 0. The molecule has 0 aliphatic carbocycles. The minimum absolute atomic E-state index is 0.407. The average Bonchev–Trinajstić information content (AvgIpc) is 3.14. The topological polar surface area (TPSA) is 71.8 Å². The maximum Gasteiger partial charge on any atom is 0.249 e. The smallest absolute Gasteiger partial charge is 0.249 e. The predicted octanol–water partition coefficient (Wildman–Crippen LogP) is 4.65. The van der Waals surface area contributed by atoms with Crippen molar-refractivity contribution in [3.05, 3.63) is 90.5 Å². The summed E-state index contributed by atoms with van der Waals surface area (Å²) in [4.78, 5) is 19.0. The van der Waals surface area contributed by atoms with Crippen molar-refractivity contribution < 1.29 is 9.18 Å². The Bertz CT molecular complexity index is 1120. The number of carbonyl (C=O) groups excluding carboxylic acids is 1. The second kappa shape index (κ2) is 6.88. The van der Waals surface area contributed by atoms with E-state index in [0.29, 0.717) is 22.4 Å². The van der Waals surface area contributed by atoms with Crippen molar-refractivity contribution in [3.63, 3.8) is 0 Å². The normalized spacial score (nSPS) is 10.7. The van der Waals surface area contributed by atoms with Gasteiger partial charge >= 0.3 is 0 Å². The molecule has 0 atom stereocenters. The Kier molecular flexibility index (Phi) is 4.26. The van der Waals surface area contributed by atoms with Crippen LogP contribution >= 0.6 is 0 Å². The molecule has 0 saturated carbocycles. The molecule has 1 amide bonds. The van der Waals surface area contributed by atoms with E-state index in [2.05, 4.69) is 9.97 Å². The molecule has 3 N–H and O–H groups in total. The molecule has 27 heavy (non-hydrogen) atoms. The minimum atomic E-state index is -0.512. The second-order valence-electron chi connectivity index (χ2n) is 6.10. The number of pyridine rings is 1. The third kappa shape index (κ3) is 3.11. The fourth-order valence-corrected chi connectivity index (χ4v) is 3.17. The Morgan fingerprint density at radius 1 is 0.926 bits per heavy atom. The number of nitrogens with one attached hydrogen (secondary N) is 1. The summed E-state index contributed by atoms with van der Waals surface area (Å²) in [5, 5.41) is 0. The van der Waals surface area contributed by atoms with Crippen molar-refractivity contribution in [2.75, 3.05) is 0 Å². The monoisotopic (exact) mass is 357 g/mol. The summed E-state index contributed by atoms with van der Waals surface area (Å²) < 4.78 is 14.3. The summed E-state index contributed by atoms with van der Waals surface area (Å²) >= 11 is 0. The van der Waals surface area contributed by atoms with Crippen molar-refractivity contribution in [2.45, 2.75) is 0 Å². The van der Waals surface area contributed by atoms with Gasteiger partial charge in [-0.1, -0.05) is 48.5 Å². The highest BCUT2D eigenvalue weighted by molar-refractivity contribution is 6.02. The van der Waals surface area contributed by atoms with Crippen LogP contribution in [0, 0.1) is 5.82 Å². The van der Waals surface area contributed by atoms with E-state index < -0.39 is 11.7 Å². The number of hydrogen-bond donors (Lipinski definition) is 2. The van der Waals surface area contributed by atoms with Crippen LogP contribution in [0.15, 0.2) is 79.1 Å². The van der Waals surface area contributed by atoms with Crippen LogP contribution in [0.1, 0.15) is 10.4 Å². The Labute approximate surface area is 155 Å². The summed E-state index contributed by atoms with van der Waals surface area (Å²) in [7, 11) is 0. The van der Waals surface area contributed by atoms with Crippen LogP contribution in [0.4, 0.5) is 4.39 Å². The van der Waals surface area contributed by atoms with Gasteiger partial charge in [-0.05, 0) is 29.3 Å². The molecule has 2 aromatic heterocycles. The Morgan fingerprint density at radius 3 is 2.41 bits per heavy atom. The Morgan fingerprint density at radius 2 is 1.67 bits per heavy atom. The molecule has 2 aromatic carbocycles. The van der Waals surface area contributed by atoms with Gasteiger partial charge in [0.2, 0.25) is 5.91 Å². The van der Waals surface area contributed by atoms with Gasteiger partial charge in [-0.2, -0.15) is 0 Å². The van der Waals surface area contributed by atoms with Crippen LogP contribution in [0.2, 0.25) is 0 Å². The number of halogens is 1. The first-order valence-corrected chi connectivity index (χ1v) is 8.42. The molecule has 0 saturated heterocycles. The van der Waals surface area contributed by atoms with Crippen molar-refractivity contribution in [3.8, 4) is 33.6 Å². The molecule has 4 rings (SSSR count). The third-order valence-electron chi connectivity index (χ3n) is 4.43. The lowest BCUT2D eigenvalue weighted by Crippen LogP contribution is -2.12. The fourth-order valence-electron chi connectivity index (χ4n) is 3.17. The largest absolute Gasteiger partial charge is 0.366 e. The van der Waals surface area contributed by atoms with E-state index in [1.807, 2.05) is 48.5 Å². The quantitative estimate of drug-likeness (QED) is 0.558. The SMILES string of the molecule is NC(=O)c1ccccc1-c1cc(-c2ccncc2F)[nH]c1-c1ccccc1. The summed E-state index contributed by atoms with van der Waals surface area (Å²) in [5.74, 6) is -0.935. The van der Waals surface area contributed by atoms with Gasteiger partial charge in [0.15, 0.2) is 5.82 Å². The number of nitrogens with two attached hydrogens (primary N) is 1. The molecule has 0 aliphatic heterocycles. The standard InChI is InChI=1S/C22H16FN3O/c23-19-13-25-11-10-17(19)20-12-18(15-8-4-5-9-16(15)22(24)27)21(26-20)14-6-2-1-3-7-14/h1-13,26H,(H2,24,27). The molecule has 4 nitrogen and oxygen atoms in total. The van der Waals surface area contributed by atoms with E-state index in [4.69, 9.17) is 5.73 Å². The van der Waals surface area contributed by atoms with Gasteiger partial charge in [-0.3, -0.25) is 9.78 Å². The number of benzene rings is 2. The zero-order valence-corrected chi connectivity index (χ0v) is 14.3. The lowest BCUT2D eigenvalue weighted by molar-refractivity contribution is 0.100. The molecule has 0 aliphatic rings. The number of nitrogens with zero attached hydrogens (tertiary/aromatic N) is 1. The lowest BCUT2D eigenvalue weighted by Gasteiger charge is -2.08. The third-order valence-corrected chi connectivity index (χ3v) is 4.43. The van der Waals surface area contributed by atoms with E-state index in [-0.39, 0.29) is 0 Å². The van der Waals surface area contributed by atoms with E-state index in [1.165, 1.54) is 6.20 Å². The van der Waals surface area contributed by atoms with Crippen LogP contribution in [0.25, 0.3) is 33.6 Å². The average molecular weight is 357 g/mol. The number of amides is 1. The molecule has 0 fully saturated rings. The molecular weight excluding hydrogens is 341 g/mol. The van der Waals surface area contributed by atoms with Gasteiger partial charge < -0.3 is 10.7 Å². The molecule has 132 valence electrons. The highest BCUT2D eigenvalue weighted by atomic mass is 19.1. The number of H-pyrrole nitrogens is 1. The first kappa shape index (κ1) is 16.7. The van der Waals surface area contributed by atoms with Crippen LogP contribution in [0.3, 0.4) is 0 Å². The molecule has 2 heterocycles. The van der Waals surface area contributed by atoms with E-state index >= 15 is 0 Å². The molecule has 0 radical (unpaired) electrons. The number of aromatic nitrogens is 2. The number of primary amides is 1. The van der Waals surface area contributed by atoms with Gasteiger partial charge in [0.25, 0.3) is 0 Å². The highest BCUT2D eigenvalue weighted by Crippen LogP contribution is 2.37. The number of carbonyl (C=O) groups is 1. The van der Waals surface area contributed by atoms with Crippen molar-refractivity contribution in [1.29, 1.82) is 0 Å². The number of rotatable bonds is 4. The molecule has 0 unspecified atom stereocenters. The lowest BCUT2D eigenvalue weighted by atomic mass is 9.96. The van der Waals surface area contributed by atoms with Crippen molar-refractivity contribution in [2.24, 2.45) is 5.73 Å². The Balaban J connectivity index is 1.99. The van der Waals surface area contributed by atoms with Crippen LogP contribution in [-0.2, 0) is 0 Å². The molecule has 0 bridgehead atoms. The minimum Gasteiger partial charge on any atom is -0.366 e. The Hall–Kier alpha value is -3.73. The highest BCUT2D eigenvalue weighted by Gasteiger charge is 2.18.